The largest absolute Gasteiger partial charge is 0.356 e. The molecule has 0 unspecified atom stereocenters. The Morgan fingerprint density at radius 2 is 2.18 bits per heavy atom. The Bertz CT molecular complexity index is 683. The van der Waals surface area contributed by atoms with Gasteiger partial charge in [0.25, 0.3) is 0 Å². The van der Waals surface area contributed by atoms with Gasteiger partial charge in [-0.3, -0.25) is 9.59 Å². The van der Waals surface area contributed by atoms with Crippen molar-refractivity contribution in [2.45, 2.75) is 18.5 Å². The molecule has 1 N–H and O–H groups in total. The van der Waals surface area contributed by atoms with Gasteiger partial charge in [0.1, 0.15) is 5.82 Å². The zero-order chi connectivity index (χ0) is 16.1. The molecule has 2 aromatic rings. The first-order valence-corrected chi connectivity index (χ1v) is 9.11. The highest BCUT2D eigenvalue weighted by Gasteiger charge is 2.13. The molecule has 0 aliphatic rings. The number of thiophene rings is 1. The van der Waals surface area contributed by atoms with Crippen LogP contribution in [0.3, 0.4) is 0 Å². The standard InChI is InChI=1S/C13H15BrN4O2S2/c1-8(19)15-6-5-12-16-17-13(18(12)2)21-7-9(20)10-3-4-11(14)22-10/h3-4H,5-7H2,1-2H3,(H,15,19). The topological polar surface area (TPSA) is 76.9 Å². The van der Waals surface area contributed by atoms with Crippen LogP contribution in [0.25, 0.3) is 0 Å². The normalized spacial score (nSPS) is 10.7. The first kappa shape index (κ1) is 17.2. The number of nitrogens with one attached hydrogen (secondary N) is 1. The quantitative estimate of drug-likeness (QED) is 0.567. The van der Waals surface area contributed by atoms with E-state index < -0.39 is 0 Å². The van der Waals surface area contributed by atoms with Gasteiger partial charge in [-0.25, -0.2) is 0 Å². The lowest BCUT2D eigenvalue weighted by atomic mass is 10.4. The molecule has 0 saturated carbocycles. The first-order chi connectivity index (χ1) is 10.5. The molecule has 2 aromatic heterocycles. The van der Waals surface area contributed by atoms with Gasteiger partial charge < -0.3 is 9.88 Å². The molecule has 9 heteroatoms. The van der Waals surface area contributed by atoms with Gasteiger partial charge in [-0.1, -0.05) is 11.8 Å². The van der Waals surface area contributed by atoms with Crippen molar-refractivity contribution in [3.63, 3.8) is 0 Å². The van der Waals surface area contributed by atoms with Crippen molar-refractivity contribution in [1.29, 1.82) is 0 Å². The summed E-state index contributed by atoms with van der Waals surface area (Å²) in [7, 11) is 1.86. The number of amides is 1. The fourth-order valence-electron chi connectivity index (χ4n) is 1.70. The molecule has 2 heterocycles. The van der Waals surface area contributed by atoms with E-state index in [1.54, 1.807) is 0 Å². The Labute approximate surface area is 144 Å². The molecule has 2 rings (SSSR count). The average Bonchev–Trinajstić information content (AvgIpc) is 3.04. The average molecular weight is 403 g/mol. The van der Waals surface area contributed by atoms with Crippen LogP contribution >= 0.6 is 39.0 Å². The summed E-state index contributed by atoms with van der Waals surface area (Å²) in [5, 5.41) is 11.6. The van der Waals surface area contributed by atoms with E-state index in [4.69, 9.17) is 0 Å². The molecule has 0 radical (unpaired) electrons. The zero-order valence-electron chi connectivity index (χ0n) is 12.1. The number of ketones is 1. The van der Waals surface area contributed by atoms with Crippen molar-refractivity contribution in [2.75, 3.05) is 12.3 Å². The van der Waals surface area contributed by atoms with Crippen molar-refractivity contribution in [2.24, 2.45) is 7.05 Å². The summed E-state index contributed by atoms with van der Waals surface area (Å²) in [6.45, 7) is 2.00. The highest BCUT2D eigenvalue weighted by Crippen LogP contribution is 2.24. The van der Waals surface area contributed by atoms with E-state index in [0.717, 1.165) is 14.5 Å². The van der Waals surface area contributed by atoms with Crippen LogP contribution in [0.1, 0.15) is 22.4 Å². The fourth-order valence-corrected chi connectivity index (χ4v) is 3.93. The van der Waals surface area contributed by atoms with Crippen LogP contribution in [0.15, 0.2) is 21.1 Å². The lowest BCUT2D eigenvalue weighted by Crippen LogP contribution is -2.23. The summed E-state index contributed by atoms with van der Waals surface area (Å²) in [5.41, 5.74) is 0. The molecule has 0 aliphatic carbocycles. The van der Waals surface area contributed by atoms with Gasteiger partial charge in [0, 0.05) is 26.9 Å². The molecule has 0 aromatic carbocycles. The molecule has 1 amide bonds. The van der Waals surface area contributed by atoms with Crippen LogP contribution in [0.4, 0.5) is 0 Å². The van der Waals surface area contributed by atoms with E-state index in [2.05, 4.69) is 31.4 Å². The summed E-state index contributed by atoms with van der Waals surface area (Å²) in [4.78, 5) is 23.6. The first-order valence-electron chi connectivity index (χ1n) is 6.51. The molecule has 6 nitrogen and oxygen atoms in total. The van der Waals surface area contributed by atoms with Gasteiger partial charge in [0.15, 0.2) is 10.9 Å². The molecule has 0 fully saturated rings. The third kappa shape index (κ3) is 4.65. The second-order valence-corrected chi connectivity index (χ2v) is 7.91. The minimum absolute atomic E-state index is 0.0653. The fraction of sp³-hybridized carbons (Fsp3) is 0.385. The number of carbonyl (C=O) groups is 2. The van der Waals surface area contributed by atoms with E-state index >= 15 is 0 Å². The molecule has 118 valence electrons. The summed E-state index contributed by atoms with van der Waals surface area (Å²) >= 11 is 6.14. The van der Waals surface area contributed by atoms with Crippen molar-refractivity contribution in [3.8, 4) is 0 Å². The molecule has 22 heavy (non-hydrogen) atoms. The molecular formula is C13H15BrN4O2S2. The number of carbonyl (C=O) groups excluding carboxylic acids is 2. The van der Waals surface area contributed by atoms with Crippen LogP contribution in [0, 0.1) is 0 Å². The third-order valence-electron chi connectivity index (χ3n) is 2.83. The van der Waals surface area contributed by atoms with Gasteiger partial charge in [0.05, 0.1) is 14.4 Å². The molecular weight excluding hydrogens is 388 g/mol. The van der Waals surface area contributed by atoms with E-state index in [1.165, 1.54) is 30.0 Å². The van der Waals surface area contributed by atoms with E-state index in [-0.39, 0.29) is 11.7 Å². The molecule has 0 bridgehead atoms. The van der Waals surface area contributed by atoms with Crippen molar-refractivity contribution in [1.82, 2.24) is 20.1 Å². The minimum Gasteiger partial charge on any atom is -0.356 e. The maximum Gasteiger partial charge on any atom is 0.216 e. The monoisotopic (exact) mass is 402 g/mol. The molecule has 0 spiro atoms. The van der Waals surface area contributed by atoms with E-state index in [9.17, 15) is 9.59 Å². The summed E-state index contributed by atoms with van der Waals surface area (Å²) < 4.78 is 2.80. The van der Waals surface area contributed by atoms with Crippen molar-refractivity contribution in [3.05, 3.63) is 26.6 Å². The number of Topliss-reactive ketones (excluding diaryl/α,β-unsaturated/α-hetero) is 1. The number of thioether (sulfide) groups is 1. The van der Waals surface area contributed by atoms with Gasteiger partial charge in [0.2, 0.25) is 5.91 Å². The van der Waals surface area contributed by atoms with Crippen LogP contribution < -0.4 is 5.32 Å². The second kappa shape index (κ2) is 7.89. The predicted molar refractivity (Wildman–Crippen MR) is 90.5 cm³/mol. The zero-order valence-corrected chi connectivity index (χ0v) is 15.3. The smallest absolute Gasteiger partial charge is 0.216 e. The van der Waals surface area contributed by atoms with Gasteiger partial charge >= 0.3 is 0 Å². The maximum atomic E-state index is 12.1. The second-order valence-electron chi connectivity index (χ2n) is 4.51. The van der Waals surface area contributed by atoms with Crippen molar-refractivity contribution < 1.29 is 9.59 Å². The predicted octanol–water partition coefficient (Wildman–Crippen LogP) is 2.29. The highest BCUT2D eigenvalue weighted by molar-refractivity contribution is 9.11. The number of hydrogen-bond acceptors (Lipinski definition) is 6. The lowest BCUT2D eigenvalue weighted by molar-refractivity contribution is -0.118. The maximum absolute atomic E-state index is 12.1. The summed E-state index contributed by atoms with van der Waals surface area (Å²) in [5.74, 6) is 1.11. The highest BCUT2D eigenvalue weighted by atomic mass is 79.9. The molecule has 0 aliphatic heterocycles. The van der Waals surface area contributed by atoms with Gasteiger partial charge in [-0.2, -0.15) is 0 Å². The lowest BCUT2D eigenvalue weighted by Gasteiger charge is -2.04. The summed E-state index contributed by atoms with van der Waals surface area (Å²) in [6.07, 6.45) is 0.607. The number of nitrogens with zero attached hydrogens (tertiary/aromatic N) is 3. The van der Waals surface area contributed by atoms with Crippen molar-refractivity contribution >= 4 is 50.7 Å². The Hall–Kier alpha value is -1.19. The van der Waals surface area contributed by atoms with Crippen LogP contribution in [0.2, 0.25) is 0 Å². The summed E-state index contributed by atoms with van der Waals surface area (Å²) in [6, 6.07) is 3.68. The number of rotatable bonds is 7. The SMILES string of the molecule is CC(=O)NCCc1nnc(SCC(=O)c2ccc(Br)s2)n1C. The van der Waals surface area contributed by atoms with Crippen LogP contribution in [-0.4, -0.2) is 38.8 Å². The van der Waals surface area contributed by atoms with Crippen LogP contribution in [0.5, 0.6) is 0 Å². The minimum atomic E-state index is -0.0653. The number of aromatic nitrogens is 3. The van der Waals surface area contributed by atoms with Gasteiger partial charge in [-0.15, -0.1) is 21.5 Å². The number of hydrogen-bond donors (Lipinski definition) is 1. The van der Waals surface area contributed by atoms with E-state index in [1.807, 2.05) is 23.7 Å². The Kier molecular flexibility index (Phi) is 6.16. The Morgan fingerprint density at radius 1 is 1.41 bits per heavy atom. The number of halogens is 1. The molecule has 0 atom stereocenters. The molecule has 0 saturated heterocycles. The van der Waals surface area contributed by atoms with E-state index in [0.29, 0.717) is 23.9 Å². The Morgan fingerprint density at radius 3 is 2.82 bits per heavy atom. The third-order valence-corrected chi connectivity index (χ3v) is 5.51. The van der Waals surface area contributed by atoms with Gasteiger partial charge in [-0.05, 0) is 28.1 Å². The van der Waals surface area contributed by atoms with Crippen LogP contribution in [-0.2, 0) is 18.3 Å². The Balaban J connectivity index is 1.89.